The summed E-state index contributed by atoms with van der Waals surface area (Å²) >= 11 is 6.05. The maximum Gasteiger partial charge on any atom is 0.328 e. The van der Waals surface area contributed by atoms with E-state index in [4.69, 9.17) is 16.3 Å². The Kier molecular flexibility index (Phi) is 15.0. The number of ether oxygens (including phenoxy) is 1. The van der Waals surface area contributed by atoms with Crippen molar-refractivity contribution in [1.82, 2.24) is 26.6 Å². The number of hydrogen-bond donors (Lipinski definition) is 5. The zero-order valence-electron chi connectivity index (χ0n) is 25.3. The number of alkyl halides is 1. The van der Waals surface area contributed by atoms with Crippen molar-refractivity contribution in [3.63, 3.8) is 0 Å². The van der Waals surface area contributed by atoms with E-state index in [2.05, 4.69) is 26.6 Å². The summed E-state index contributed by atoms with van der Waals surface area (Å²) in [5.41, 5.74) is -0.00992. The van der Waals surface area contributed by atoms with Crippen molar-refractivity contribution in [1.29, 1.82) is 0 Å². The SMILES string of the molecule is CC(=O)NCC(=O)N[C@@H](CC(C)C)C(=O)N[C@@H](CCl)C(=O)N[C@@H](Cc1ccccc1)C(=O)N[C@@H](C)C(=O)OC(C)(C)C. The minimum absolute atomic E-state index is 0.0102. The van der Waals surface area contributed by atoms with Crippen LogP contribution >= 0.6 is 11.6 Å². The molecule has 5 amide bonds. The van der Waals surface area contributed by atoms with Crippen LogP contribution in [0.2, 0.25) is 0 Å². The maximum atomic E-state index is 13.2. The molecule has 0 unspecified atom stereocenters. The van der Waals surface area contributed by atoms with Gasteiger partial charge in [-0.1, -0.05) is 44.2 Å². The molecule has 0 spiro atoms. The molecular formula is C29H44ClN5O7. The molecule has 0 aliphatic carbocycles. The molecule has 12 nitrogen and oxygen atoms in total. The molecule has 234 valence electrons. The summed E-state index contributed by atoms with van der Waals surface area (Å²) in [7, 11) is 0. The fourth-order valence-electron chi connectivity index (χ4n) is 3.69. The Hall–Kier alpha value is -3.67. The van der Waals surface area contributed by atoms with Gasteiger partial charge in [-0.2, -0.15) is 0 Å². The average Bonchev–Trinajstić information content (AvgIpc) is 2.88. The first-order chi connectivity index (χ1) is 19.5. The normalized spacial score (nSPS) is 14.0. The highest BCUT2D eigenvalue weighted by Crippen LogP contribution is 2.10. The fourth-order valence-corrected chi connectivity index (χ4v) is 3.91. The van der Waals surface area contributed by atoms with E-state index in [0.717, 1.165) is 5.56 Å². The predicted octanol–water partition coefficient (Wildman–Crippen LogP) is 0.951. The smallest absolute Gasteiger partial charge is 0.328 e. The maximum absolute atomic E-state index is 13.2. The largest absolute Gasteiger partial charge is 0.458 e. The minimum Gasteiger partial charge on any atom is -0.458 e. The molecule has 5 N–H and O–H groups in total. The Labute approximate surface area is 252 Å². The van der Waals surface area contributed by atoms with E-state index in [1.165, 1.54) is 13.8 Å². The highest BCUT2D eigenvalue weighted by Gasteiger charge is 2.31. The number of carbonyl (C=O) groups excluding carboxylic acids is 6. The number of amides is 5. The van der Waals surface area contributed by atoms with Crippen LogP contribution in [0, 0.1) is 5.92 Å². The lowest BCUT2D eigenvalue weighted by atomic mass is 10.0. The molecule has 42 heavy (non-hydrogen) atoms. The number of hydrogen-bond acceptors (Lipinski definition) is 7. The molecule has 13 heteroatoms. The van der Waals surface area contributed by atoms with Crippen LogP contribution in [0.15, 0.2) is 30.3 Å². The predicted molar refractivity (Wildman–Crippen MR) is 158 cm³/mol. The third-order valence-corrected chi connectivity index (χ3v) is 5.99. The van der Waals surface area contributed by atoms with Crippen LogP contribution in [0.1, 0.15) is 60.5 Å². The summed E-state index contributed by atoms with van der Waals surface area (Å²) in [6.45, 7) is 11.3. The third-order valence-electron chi connectivity index (χ3n) is 5.68. The molecule has 0 heterocycles. The molecule has 0 bridgehead atoms. The Morgan fingerprint density at radius 3 is 1.88 bits per heavy atom. The second-order valence-electron chi connectivity index (χ2n) is 11.4. The number of esters is 1. The first kappa shape index (κ1) is 36.4. The average molecular weight is 610 g/mol. The standard InChI is InChI=1S/C29H44ClN5O7/c1-17(2)13-21(33-24(37)16-31-19(4)36)26(39)35-23(15-30)27(40)34-22(14-20-11-9-8-10-12-20)25(38)32-18(3)28(41)42-29(5,6)7/h8-12,17-18,21-23H,13-16H2,1-7H3,(H,31,36)(H,32,38)(H,33,37)(H,34,40)(H,35,39)/t18-,21-,22-,23-/m0/s1. The second kappa shape index (κ2) is 17.3. The number of nitrogens with one attached hydrogen (secondary N) is 5. The van der Waals surface area contributed by atoms with E-state index in [9.17, 15) is 28.8 Å². The van der Waals surface area contributed by atoms with Gasteiger partial charge < -0.3 is 31.3 Å². The van der Waals surface area contributed by atoms with Crippen LogP contribution in [0.4, 0.5) is 0 Å². The van der Waals surface area contributed by atoms with Crippen molar-refractivity contribution >= 4 is 47.1 Å². The Bertz CT molecular complexity index is 1090. The molecule has 1 rings (SSSR count). The molecule has 0 radical (unpaired) electrons. The zero-order valence-corrected chi connectivity index (χ0v) is 26.1. The van der Waals surface area contributed by atoms with Gasteiger partial charge in [-0.15, -0.1) is 11.6 Å². The lowest BCUT2D eigenvalue weighted by molar-refractivity contribution is -0.158. The van der Waals surface area contributed by atoms with E-state index in [0.29, 0.717) is 0 Å². The van der Waals surface area contributed by atoms with Crippen LogP contribution in [-0.4, -0.2) is 77.7 Å². The number of rotatable bonds is 15. The van der Waals surface area contributed by atoms with Gasteiger partial charge in [-0.3, -0.25) is 24.0 Å². The lowest BCUT2D eigenvalue weighted by Gasteiger charge is -2.26. The third kappa shape index (κ3) is 14.3. The monoisotopic (exact) mass is 609 g/mol. The van der Waals surface area contributed by atoms with Gasteiger partial charge >= 0.3 is 5.97 Å². The van der Waals surface area contributed by atoms with Gasteiger partial charge in [0.25, 0.3) is 0 Å². The molecule has 0 aliphatic rings. The summed E-state index contributed by atoms with van der Waals surface area (Å²) < 4.78 is 5.33. The molecular weight excluding hydrogens is 566 g/mol. The highest BCUT2D eigenvalue weighted by atomic mass is 35.5. The summed E-state index contributed by atoms with van der Waals surface area (Å²) in [4.78, 5) is 75.4. The molecule has 4 atom stereocenters. The minimum atomic E-state index is -1.24. The van der Waals surface area contributed by atoms with E-state index in [-0.39, 0.29) is 31.2 Å². The van der Waals surface area contributed by atoms with E-state index in [1.807, 2.05) is 19.9 Å². The molecule has 0 saturated carbocycles. The van der Waals surface area contributed by atoms with E-state index < -0.39 is 65.3 Å². The van der Waals surface area contributed by atoms with Crippen molar-refractivity contribution in [3.8, 4) is 0 Å². The molecule has 0 saturated heterocycles. The van der Waals surface area contributed by atoms with Gasteiger partial charge in [0, 0.05) is 13.3 Å². The van der Waals surface area contributed by atoms with Crippen molar-refractivity contribution in [2.75, 3.05) is 12.4 Å². The Balaban J connectivity index is 3.04. The second-order valence-corrected chi connectivity index (χ2v) is 11.7. The van der Waals surface area contributed by atoms with Crippen molar-refractivity contribution < 1.29 is 33.5 Å². The summed E-state index contributed by atoms with van der Waals surface area (Å²) in [5.74, 6) is -3.93. The van der Waals surface area contributed by atoms with Gasteiger partial charge in [0.05, 0.1) is 12.4 Å². The first-order valence-corrected chi connectivity index (χ1v) is 14.3. The lowest BCUT2D eigenvalue weighted by Crippen LogP contribution is -2.59. The van der Waals surface area contributed by atoms with E-state index >= 15 is 0 Å². The van der Waals surface area contributed by atoms with Crippen LogP contribution in [0.25, 0.3) is 0 Å². The molecule has 1 aromatic rings. The fraction of sp³-hybridized carbons (Fsp3) is 0.586. The summed E-state index contributed by atoms with van der Waals surface area (Å²) in [6.07, 6.45) is 0.355. The first-order valence-electron chi connectivity index (χ1n) is 13.8. The van der Waals surface area contributed by atoms with Gasteiger partial charge in [0.1, 0.15) is 29.8 Å². The molecule has 0 aromatic heterocycles. The summed E-state index contributed by atoms with van der Waals surface area (Å²) in [6, 6.07) is 4.60. The van der Waals surface area contributed by atoms with E-state index in [1.54, 1.807) is 45.0 Å². The summed E-state index contributed by atoms with van der Waals surface area (Å²) in [5, 5.41) is 12.7. The van der Waals surface area contributed by atoms with Crippen LogP contribution in [0.5, 0.6) is 0 Å². The van der Waals surface area contributed by atoms with Crippen LogP contribution < -0.4 is 26.6 Å². The van der Waals surface area contributed by atoms with Crippen molar-refractivity contribution in [2.45, 2.75) is 91.1 Å². The quantitative estimate of drug-likeness (QED) is 0.145. The van der Waals surface area contributed by atoms with Crippen LogP contribution in [0.3, 0.4) is 0 Å². The van der Waals surface area contributed by atoms with Crippen LogP contribution in [-0.2, 0) is 39.9 Å². The van der Waals surface area contributed by atoms with Crippen molar-refractivity contribution in [3.05, 3.63) is 35.9 Å². The van der Waals surface area contributed by atoms with Gasteiger partial charge in [0.15, 0.2) is 0 Å². The van der Waals surface area contributed by atoms with Gasteiger partial charge in [-0.25, -0.2) is 4.79 Å². The Morgan fingerprint density at radius 2 is 1.36 bits per heavy atom. The van der Waals surface area contributed by atoms with Crippen molar-refractivity contribution in [2.24, 2.45) is 5.92 Å². The topological polar surface area (TPSA) is 172 Å². The molecule has 1 aromatic carbocycles. The van der Waals surface area contributed by atoms with Gasteiger partial charge in [-0.05, 0) is 45.6 Å². The molecule has 0 fully saturated rings. The Morgan fingerprint density at radius 1 is 0.810 bits per heavy atom. The molecule has 0 aliphatic heterocycles. The number of benzene rings is 1. The van der Waals surface area contributed by atoms with Gasteiger partial charge in [0.2, 0.25) is 29.5 Å². The zero-order chi connectivity index (χ0) is 32.0. The number of carbonyl (C=O) groups is 6. The highest BCUT2D eigenvalue weighted by molar-refractivity contribution is 6.20. The number of halogens is 1.